The van der Waals surface area contributed by atoms with Crippen molar-refractivity contribution in [2.45, 2.75) is 12.5 Å². The highest BCUT2D eigenvalue weighted by Gasteiger charge is 2.22. The number of benzene rings is 1. The number of hydrogen-bond donors (Lipinski definition) is 2. The molecule has 7 heteroatoms. The predicted molar refractivity (Wildman–Crippen MR) is 70.5 cm³/mol. The Kier molecular flexibility index (Phi) is 4.92. The molecule has 0 spiro atoms. The maximum atomic E-state index is 13.0. The normalized spacial score (nSPS) is 14.0. The van der Waals surface area contributed by atoms with Gasteiger partial charge in [-0.3, -0.25) is 10.1 Å². The zero-order valence-corrected chi connectivity index (χ0v) is 11.0. The van der Waals surface area contributed by atoms with Crippen molar-refractivity contribution in [1.82, 2.24) is 0 Å². The third-order valence-electron chi connectivity index (χ3n) is 2.27. The number of nitro benzene ring substituents is 1. The van der Waals surface area contributed by atoms with E-state index in [2.05, 4.69) is 5.32 Å². The summed E-state index contributed by atoms with van der Waals surface area (Å²) in [6.07, 6.45) is 1.85. The van der Waals surface area contributed by atoms with Crippen LogP contribution >= 0.6 is 11.8 Å². The van der Waals surface area contributed by atoms with Crippen LogP contribution in [-0.4, -0.2) is 34.2 Å². The molecule has 0 radical (unpaired) electrons. The second-order valence-electron chi connectivity index (χ2n) is 4.20. The molecule has 0 aliphatic rings. The monoisotopic (exact) mass is 274 g/mol. The number of nitrogens with zero attached hydrogens (tertiary/aromatic N) is 1. The van der Waals surface area contributed by atoms with Crippen molar-refractivity contribution in [2.75, 3.05) is 23.9 Å². The van der Waals surface area contributed by atoms with Crippen LogP contribution in [0.5, 0.6) is 0 Å². The molecule has 0 amide bonds. The van der Waals surface area contributed by atoms with Crippen LogP contribution in [0.3, 0.4) is 0 Å². The van der Waals surface area contributed by atoms with E-state index < -0.39 is 16.3 Å². The van der Waals surface area contributed by atoms with E-state index in [1.807, 2.05) is 6.26 Å². The molecule has 0 heterocycles. The number of halogens is 1. The third kappa shape index (κ3) is 4.15. The first-order valence-electron chi connectivity index (χ1n) is 5.25. The Morgan fingerprint density at radius 2 is 2.28 bits per heavy atom. The van der Waals surface area contributed by atoms with Crippen LogP contribution in [0.25, 0.3) is 0 Å². The first-order chi connectivity index (χ1) is 8.35. The number of aliphatic hydroxyl groups is 1. The van der Waals surface area contributed by atoms with Crippen LogP contribution in [-0.2, 0) is 0 Å². The topological polar surface area (TPSA) is 75.4 Å². The Balaban J connectivity index is 2.83. The van der Waals surface area contributed by atoms with E-state index in [9.17, 15) is 19.6 Å². The van der Waals surface area contributed by atoms with Gasteiger partial charge in [0, 0.05) is 24.4 Å². The van der Waals surface area contributed by atoms with Crippen molar-refractivity contribution >= 4 is 23.1 Å². The number of hydrogen-bond acceptors (Lipinski definition) is 5. The fourth-order valence-corrected chi connectivity index (χ4v) is 2.18. The molecular formula is C11H15FN2O3S. The van der Waals surface area contributed by atoms with Crippen molar-refractivity contribution in [3.05, 3.63) is 34.1 Å². The number of nitrogens with one attached hydrogen (secondary N) is 1. The summed E-state index contributed by atoms with van der Waals surface area (Å²) in [5.41, 5.74) is -1.16. The van der Waals surface area contributed by atoms with Crippen LogP contribution in [0, 0.1) is 15.9 Å². The minimum atomic E-state index is -1.01. The number of nitro groups is 1. The van der Waals surface area contributed by atoms with Gasteiger partial charge in [0.1, 0.15) is 11.5 Å². The van der Waals surface area contributed by atoms with Crippen LogP contribution < -0.4 is 5.32 Å². The molecule has 0 aromatic heterocycles. The molecule has 0 saturated carbocycles. The Labute approximate surface area is 109 Å². The van der Waals surface area contributed by atoms with E-state index in [0.717, 1.165) is 18.2 Å². The van der Waals surface area contributed by atoms with E-state index in [1.54, 1.807) is 6.92 Å². The van der Waals surface area contributed by atoms with Gasteiger partial charge in [0.15, 0.2) is 0 Å². The maximum absolute atomic E-state index is 13.0. The number of thioether (sulfide) groups is 1. The van der Waals surface area contributed by atoms with Gasteiger partial charge in [-0.05, 0) is 19.2 Å². The second-order valence-corrected chi connectivity index (χ2v) is 5.07. The summed E-state index contributed by atoms with van der Waals surface area (Å²) in [6, 6.07) is 3.18. The highest BCUT2D eigenvalue weighted by atomic mass is 32.2. The molecule has 100 valence electrons. The van der Waals surface area contributed by atoms with Crippen LogP contribution in [0.2, 0.25) is 0 Å². The van der Waals surface area contributed by atoms with Crippen molar-refractivity contribution in [2.24, 2.45) is 0 Å². The summed E-state index contributed by atoms with van der Waals surface area (Å²) >= 11 is 1.46. The zero-order chi connectivity index (χ0) is 13.8. The summed E-state index contributed by atoms with van der Waals surface area (Å²) in [6.45, 7) is 1.72. The fraction of sp³-hybridized carbons (Fsp3) is 0.455. The van der Waals surface area contributed by atoms with E-state index in [1.165, 1.54) is 11.8 Å². The van der Waals surface area contributed by atoms with Crippen LogP contribution in [0.15, 0.2) is 18.2 Å². The van der Waals surface area contributed by atoms with Gasteiger partial charge in [0.05, 0.1) is 10.5 Å². The lowest BCUT2D eigenvalue weighted by Gasteiger charge is -2.23. The van der Waals surface area contributed by atoms with Gasteiger partial charge < -0.3 is 10.4 Å². The summed E-state index contributed by atoms with van der Waals surface area (Å²) < 4.78 is 13.0. The lowest BCUT2D eigenvalue weighted by Crippen LogP contribution is -2.36. The van der Waals surface area contributed by atoms with Crippen molar-refractivity contribution in [3.8, 4) is 0 Å². The molecule has 0 aliphatic heterocycles. The minimum absolute atomic E-state index is 0.0707. The molecule has 5 nitrogen and oxygen atoms in total. The molecule has 1 atom stereocenters. The molecule has 1 aromatic carbocycles. The first-order valence-corrected chi connectivity index (χ1v) is 6.64. The molecular weight excluding hydrogens is 259 g/mol. The van der Waals surface area contributed by atoms with Gasteiger partial charge >= 0.3 is 0 Å². The molecule has 2 N–H and O–H groups in total. The highest BCUT2D eigenvalue weighted by molar-refractivity contribution is 7.98. The fourth-order valence-electron chi connectivity index (χ4n) is 1.46. The molecule has 0 fully saturated rings. The summed E-state index contributed by atoms with van der Waals surface area (Å²) in [7, 11) is 0. The van der Waals surface area contributed by atoms with Gasteiger partial charge in [-0.2, -0.15) is 11.8 Å². The van der Waals surface area contributed by atoms with Gasteiger partial charge in [-0.15, -0.1) is 0 Å². The molecule has 18 heavy (non-hydrogen) atoms. The lowest BCUT2D eigenvalue weighted by molar-refractivity contribution is -0.384. The van der Waals surface area contributed by atoms with Crippen molar-refractivity contribution in [1.29, 1.82) is 0 Å². The van der Waals surface area contributed by atoms with Crippen LogP contribution in [0.4, 0.5) is 15.8 Å². The molecule has 0 aliphatic carbocycles. The Hall–Kier alpha value is -1.34. The average Bonchev–Trinajstić information content (AvgIpc) is 2.26. The van der Waals surface area contributed by atoms with Crippen LogP contribution in [0.1, 0.15) is 6.92 Å². The zero-order valence-electron chi connectivity index (χ0n) is 10.1. The standard InChI is InChI=1S/C11H15FN2O3S/c1-11(15,7-18-2)6-13-9-5-8(12)3-4-10(9)14(16)17/h3-5,13,15H,6-7H2,1-2H3. The van der Waals surface area contributed by atoms with Gasteiger partial charge in [-0.1, -0.05) is 0 Å². The van der Waals surface area contributed by atoms with E-state index in [4.69, 9.17) is 0 Å². The minimum Gasteiger partial charge on any atom is -0.387 e. The predicted octanol–water partition coefficient (Wildman–Crippen LogP) is 2.26. The largest absolute Gasteiger partial charge is 0.387 e. The first kappa shape index (κ1) is 14.7. The van der Waals surface area contributed by atoms with Crippen molar-refractivity contribution < 1.29 is 14.4 Å². The van der Waals surface area contributed by atoms with E-state index in [-0.39, 0.29) is 17.9 Å². The lowest BCUT2D eigenvalue weighted by atomic mass is 10.1. The summed E-state index contributed by atoms with van der Waals surface area (Å²) in [5.74, 6) is -0.0871. The van der Waals surface area contributed by atoms with Gasteiger partial charge in [-0.25, -0.2) is 4.39 Å². The third-order valence-corrected chi connectivity index (χ3v) is 3.18. The summed E-state index contributed by atoms with van der Waals surface area (Å²) in [5, 5.41) is 23.4. The number of rotatable bonds is 6. The Morgan fingerprint density at radius 3 is 2.83 bits per heavy atom. The second kappa shape index (κ2) is 6.01. The Morgan fingerprint density at radius 1 is 1.61 bits per heavy atom. The maximum Gasteiger partial charge on any atom is 0.292 e. The van der Waals surface area contributed by atoms with E-state index in [0.29, 0.717) is 5.75 Å². The average molecular weight is 274 g/mol. The van der Waals surface area contributed by atoms with E-state index >= 15 is 0 Å². The quantitative estimate of drug-likeness (QED) is 0.614. The van der Waals surface area contributed by atoms with Gasteiger partial charge in [0.25, 0.3) is 5.69 Å². The smallest absolute Gasteiger partial charge is 0.292 e. The molecule has 1 unspecified atom stereocenters. The molecule has 1 rings (SSSR count). The van der Waals surface area contributed by atoms with Gasteiger partial charge in [0.2, 0.25) is 0 Å². The molecule has 1 aromatic rings. The number of anilines is 1. The molecule has 0 bridgehead atoms. The highest BCUT2D eigenvalue weighted by Crippen LogP contribution is 2.25. The molecule has 0 saturated heterocycles. The summed E-state index contributed by atoms with van der Waals surface area (Å²) in [4.78, 5) is 10.2. The Bertz CT molecular complexity index is 440. The van der Waals surface area contributed by atoms with Crippen molar-refractivity contribution in [3.63, 3.8) is 0 Å². The SMILES string of the molecule is CSCC(C)(O)CNc1cc(F)ccc1[N+](=O)[O-].